The smallest absolute Gasteiger partial charge is 0.158 e. The van der Waals surface area contributed by atoms with Gasteiger partial charge < -0.3 is 14.6 Å². The minimum atomic E-state index is 0.903. The average molecular weight is 323 g/mol. The monoisotopic (exact) mass is 323 g/mol. The molecule has 0 spiro atoms. The Kier molecular flexibility index (Phi) is 4.34. The molecule has 24 heavy (non-hydrogen) atoms. The van der Waals surface area contributed by atoms with E-state index in [-0.39, 0.29) is 0 Å². The number of hydrogen-bond donors (Lipinski definition) is 1. The van der Waals surface area contributed by atoms with Crippen molar-refractivity contribution in [2.75, 3.05) is 31.5 Å². The lowest BCUT2D eigenvalue weighted by atomic mass is 10.2. The van der Waals surface area contributed by atoms with Gasteiger partial charge in [-0.3, -0.25) is 0 Å². The zero-order valence-electron chi connectivity index (χ0n) is 14.3. The highest BCUT2D eigenvalue weighted by Crippen LogP contribution is 2.26. The fourth-order valence-electron chi connectivity index (χ4n) is 3.70. The third kappa shape index (κ3) is 2.96. The van der Waals surface area contributed by atoms with Crippen molar-refractivity contribution in [2.24, 2.45) is 0 Å². The van der Waals surface area contributed by atoms with Crippen LogP contribution in [0.3, 0.4) is 0 Å². The fourth-order valence-corrected chi connectivity index (χ4v) is 3.70. The molecule has 0 amide bonds. The second-order valence-electron chi connectivity index (χ2n) is 6.72. The first-order valence-corrected chi connectivity index (χ1v) is 9.02. The number of likely N-dealkylation sites (tertiary alicyclic amines) is 1. The maximum Gasteiger partial charge on any atom is 0.158 e. The molecule has 1 fully saturated rings. The van der Waals surface area contributed by atoms with Gasteiger partial charge in [-0.15, -0.1) is 5.10 Å². The maximum absolute atomic E-state index is 4.39. The molecule has 0 bridgehead atoms. The molecular weight excluding hydrogens is 298 g/mol. The van der Waals surface area contributed by atoms with Crippen molar-refractivity contribution in [3.63, 3.8) is 0 Å². The summed E-state index contributed by atoms with van der Waals surface area (Å²) in [7, 11) is 0. The lowest BCUT2D eigenvalue weighted by Crippen LogP contribution is -2.21. The zero-order chi connectivity index (χ0) is 16.4. The highest BCUT2D eigenvalue weighted by atomic mass is 15.2. The Hall–Kier alpha value is -2.14. The Bertz CT molecular complexity index is 832. The molecule has 0 aromatic carbocycles. The molecule has 3 aromatic heterocycles. The average Bonchev–Trinajstić information content (AvgIpc) is 3.24. The number of hydrogen-bond acceptors (Lipinski definition) is 4. The molecule has 1 N–H and O–H groups in total. The predicted octanol–water partition coefficient (Wildman–Crippen LogP) is 3.48. The van der Waals surface area contributed by atoms with Gasteiger partial charge >= 0.3 is 0 Å². The summed E-state index contributed by atoms with van der Waals surface area (Å²) in [6.45, 7) is 6.78. The van der Waals surface area contributed by atoms with Crippen LogP contribution in [0.1, 0.15) is 31.4 Å². The Morgan fingerprint density at radius 1 is 1.12 bits per heavy atom. The number of aryl methyl sites for hydroxylation is 1. The Morgan fingerprint density at radius 3 is 2.88 bits per heavy atom. The van der Waals surface area contributed by atoms with E-state index in [1.165, 1.54) is 50.8 Å². The van der Waals surface area contributed by atoms with Crippen LogP contribution in [0.5, 0.6) is 0 Å². The molecule has 5 nitrogen and oxygen atoms in total. The van der Waals surface area contributed by atoms with E-state index in [2.05, 4.69) is 55.3 Å². The van der Waals surface area contributed by atoms with Crippen molar-refractivity contribution in [2.45, 2.75) is 32.6 Å². The molecule has 0 atom stereocenters. The van der Waals surface area contributed by atoms with Crippen molar-refractivity contribution in [3.05, 3.63) is 36.2 Å². The third-order valence-electron chi connectivity index (χ3n) is 4.97. The number of nitrogens with zero attached hydrogens (tertiary/aromatic N) is 4. The van der Waals surface area contributed by atoms with Crippen LogP contribution in [0.25, 0.3) is 16.4 Å². The number of anilines is 1. The summed E-state index contributed by atoms with van der Waals surface area (Å²) >= 11 is 0. The normalized spacial score (nSPS) is 15.5. The summed E-state index contributed by atoms with van der Waals surface area (Å²) in [5.41, 5.74) is 3.30. The molecule has 0 radical (unpaired) electrons. The van der Waals surface area contributed by atoms with Gasteiger partial charge in [-0.05, 0) is 70.4 Å². The van der Waals surface area contributed by atoms with E-state index in [1.807, 2.05) is 6.92 Å². The van der Waals surface area contributed by atoms with E-state index in [4.69, 9.17) is 0 Å². The quantitative estimate of drug-likeness (QED) is 0.706. The highest BCUT2D eigenvalue weighted by molar-refractivity contribution is 5.96. The van der Waals surface area contributed by atoms with Crippen LogP contribution >= 0.6 is 0 Å². The lowest BCUT2D eigenvalue weighted by Gasteiger charge is -2.14. The second-order valence-corrected chi connectivity index (χ2v) is 6.72. The second kappa shape index (κ2) is 6.77. The number of aromatic nitrogens is 3. The molecule has 126 valence electrons. The molecule has 1 saturated heterocycles. The van der Waals surface area contributed by atoms with Crippen LogP contribution in [-0.2, 0) is 0 Å². The Morgan fingerprint density at radius 2 is 2.00 bits per heavy atom. The number of rotatable bonds is 6. The summed E-state index contributed by atoms with van der Waals surface area (Å²) < 4.78 is 2.19. The van der Waals surface area contributed by atoms with Crippen molar-refractivity contribution >= 4 is 22.2 Å². The van der Waals surface area contributed by atoms with Crippen LogP contribution in [0.15, 0.2) is 30.5 Å². The predicted molar refractivity (Wildman–Crippen MR) is 98.6 cm³/mol. The summed E-state index contributed by atoms with van der Waals surface area (Å²) in [5, 5.41) is 13.4. The first kappa shape index (κ1) is 15.4. The number of fused-ring (bicyclic) bond motifs is 3. The van der Waals surface area contributed by atoms with Crippen molar-refractivity contribution in [1.82, 2.24) is 19.5 Å². The largest absolute Gasteiger partial charge is 0.368 e. The lowest BCUT2D eigenvalue weighted by molar-refractivity contribution is 0.331. The number of unbranched alkanes of at least 4 members (excludes halogenated alkanes) is 1. The summed E-state index contributed by atoms with van der Waals surface area (Å²) in [6.07, 6.45) is 7.25. The van der Waals surface area contributed by atoms with Gasteiger partial charge in [0, 0.05) is 23.6 Å². The minimum Gasteiger partial charge on any atom is -0.368 e. The topological polar surface area (TPSA) is 45.5 Å². The molecule has 3 aromatic rings. The SMILES string of the molecule is Cc1nnc(NCCCCN2CCCC2)c2cc3ccccn3c12. The Labute approximate surface area is 142 Å². The summed E-state index contributed by atoms with van der Waals surface area (Å²) in [5.74, 6) is 0.903. The van der Waals surface area contributed by atoms with Gasteiger partial charge in [-0.2, -0.15) is 5.10 Å². The van der Waals surface area contributed by atoms with E-state index in [0.29, 0.717) is 0 Å². The van der Waals surface area contributed by atoms with Crippen LogP contribution in [0.4, 0.5) is 5.82 Å². The molecule has 4 heterocycles. The molecule has 1 aliphatic heterocycles. The standard InChI is InChI=1S/C19H25N5/c1-15-18-17(14-16-8-2-4-13-24(16)18)19(22-21-15)20-9-3-5-10-23-11-6-7-12-23/h2,4,8,13-14H,3,5-7,9-12H2,1H3,(H,20,22). The van der Waals surface area contributed by atoms with Crippen molar-refractivity contribution < 1.29 is 0 Å². The van der Waals surface area contributed by atoms with Crippen molar-refractivity contribution in [3.8, 4) is 0 Å². The van der Waals surface area contributed by atoms with E-state index in [9.17, 15) is 0 Å². The molecular formula is C19H25N5. The maximum atomic E-state index is 4.39. The first-order valence-electron chi connectivity index (χ1n) is 9.02. The zero-order valence-corrected chi connectivity index (χ0v) is 14.3. The molecule has 0 aliphatic carbocycles. The molecule has 0 unspecified atom stereocenters. The van der Waals surface area contributed by atoms with Gasteiger partial charge in [0.2, 0.25) is 0 Å². The van der Waals surface area contributed by atoms with Gasteiger partial charge in [0.25, 0.3) is 0 Å². The molecule has 0 saturated carbocycles. The first-order chi connectivity index (χ1) is 11.8. The van der Waals surface area contributed by atoms with Crippen LogP contribution < -0.4 is 5.32 Å². The van der Waals surface area contributed by atoms with E-state index in [0.717, 1.165) is 29.0 Å². The highest BCUT2D eigenvalue weighted by Gasteiger charge is 2.12. The van der Waals surface area contributed by atoms with Crippen LogP contribution in [-0.4, -0.2) is 45.7 Å². The fraction of sp³-hybridized carbons (Fsp3) is 0.474. The van der Waals surface area contributed by atoms with E-state index >= 15 is 0 Å². The van der Waals surface area contributed by atoms with Gasteiger partial charge in [0.15, 0.2) is 5.82 Å². The van der Waals surface area contributed by atoms with Crippen LogP contribution in [0.2, 0.25) is 0 Å². The molecule has 4 rings (SSSR count). The van der Waals surface area contributed by atoms with Crippen LogP contribution in [0, 0.1) is 6.92 Å². The van der Waals surface area contributed by atoms with Gasteiger partial charge in [0.1, 0.15) is 0 Å². The van der Waals surface area contributed by atoms with Gasteiger partial charge in [-0.25, -0.2) is 0 Å². The minimum absolute atomic E-state index is 0.903. The van der Waals surface area contributed by atoms with E-state index < -0.39 is 0 Å². The third-order valence-corrected chi connectivity index (χ3v) is 4.97. The van der Waals surface area contributed by atoms with E-state index in [1.54, 1.807) is 0 Å². The number of pyridine rings is 1. The van der Waals surface area contributed by atoms with Gasteiger partial charge in [-0.1, -0.05) is 6.07 Å². The Balaban J connectivity index is 1.45. The number of nitrogens with one attached hydrogen (secondary N) is 1. The summed E-state index contributed by atoms with van der Waals surface area (Å²) in [4.78, 5) is 2.57. The molecule has 1 aliphatic rings. The van der Waals surface area contributed by atoms with Crippen molar-refractivity contribution in [1.29, 1.82) is 0 Å². The molecule has 5 heteroatoms. The summed E-state index contributed by atoms with van der Waals surface area (Å²) in [6, 6.07) is 8.44. The van der Waals surface area contributed by atoms with Gasteiger partial charge in [0.05, 0.1) is 11.2 Å².